The van der Waals surface area contributed by atoms with Crippen molar-refractivity contribution in [2.75, 3.05) is 26.7 Å². The normalized spacial score (nSPS) is 19.9. The maximum atomic E-state index is 12.9. The van der Waals surface area contributed by atoms with Crippen LogP contribution in [0.2, 0.25) is 0 Å². The molecular formula is C26H31N3O4. The van der Waals surface area contributed by atoms with E-state index >= 15 is 0 Å². The molecule has 0 bridgehead atoms. The van der Waals surface area contributed by atoms with Gasteiger partial charge in [0.05, 0.1) is 19.1 Å². The molecule has 7 nitrogen and oxygen atoms in total. The minimum absolute atomic E-state index is 0.0163. The second kappa shape index (κ2) is 10.1. The monoisotopic (exact) mass is 449 g/mol. The molecule has 2 heterocycles. The Kier molecular flexibility index (Phi) is 6.96. The van der Waals surface area contributed by atoms with Gasteiger partial charge in [0.2, 0.25) is 11.8 Å². The zero-order valence-electron chi connectivity index (χ0n) is 19.2. The number of methoxy groups -OCH3 is 1. The number of likely N-dealkylation sites (tertiary alicyclic amines) is 2. The van der Waals surface area contributed by atoms with Crippen LogP contribution in [0.1, 0.15) is 48.1 Å². The Hall–Kier alpha value is -3.35. The molecule has 2 fully saturated rings. The zero-order valence-corrected chi connectivity index (χ0v) is 19.2. The number of carbonyl (C=O) groups is 3. The maximum Gasteiger partial charge on any atom is 0.253 e. The summed E-state index contributed by atoms with van der Waals surface area (Å²) in [6.07, 6.45) is 1.65. The van der Waals surface area contributed by atoms with Gasteiger partial charge in [-0.1, -0.05) is 36.4 Å². The van der Waals surface area contributed by atoms with Crippen molar-refractivity contribution in [1.82, 2.24) is 15.1 Å². The van der Waals surface area contributed by atoms with Crippen molar-refractivity contribution < 1.29 is 19.1 Å². The summed E-state index contributed by atoms with van der Waals surface area (Å²) >= 11 is 0. The molecule has 2 aliphatic heterocycles. The van der Waals surface area contributed by atoms with Gasteiger partial charge in [0, 0.05) is 37.7 Å². The van der Waals surface area contributed by atoms with Crippen LogP contribution in [0.25, 0.3) is 0 Å². The maximum absolute atomic E-state index is 12.9. The Balaban J connectivity index is 1.28. The highest BCUT2D eigenvalue weighted by atomic mass is 16.5. The van der Waals surface area contributed by atoms with Crippen LogP contribution in [0, 0.1) is 5.92 Å². The van der Waals surface area contributed by atoms with E-state index in [1.165, 1.54) is 0 Å². The summed E-state index contributed by atoms with van der Waals surface area (Å²) in [7, 11) is 1.58. The third-order valence-electron chi connectivity index (χ3n) is 6.72. The molecule has 2 atom stereocenters. The first-order valence-corrected chi connectivity index (χ1v) is 11.5. The van der Waals surface area contributed by atoms with Crippen LogP contribution in [0.15, 0.2) is 54.6 Å². The largest absolute Gasteiger partial charge is 0.497 e. The number of hydrogen-bond acceptors (Lipinski definition) is 4. The molecule has 0 aromatic heterocycles. The van der Waals surface area contributed by atoms with Crippen LogP contribution in [0.4, 0.5) is 0 Å². The molecule has 0 radical (unpaired) electrons. The molecule has 2 unspecified atom stereocenters. The average Bonchev–Trinajstić information content (AvgIpc) is 3.26. The van der Waals surface area contributed by atoms with Gasteiger partial charge in [-0.25, -0.2) is 0 Å². The molecule has 2 aromatic carbocycles. The summed E-state index contributed by atoms with van der Waals surface area (Å²) in [6.45, 7) is 3.61. The van der Waals surface area contributed by atoms with E-state index in [4.69, 9.17) is 4.74 Å². The fraction of sp³-hybridized carbons (Fsp3) is 0.423. The first-order valence-electron chi connectivity index (χ1n) is 11.5. The number of nitrogens with one attached hydrogen (secondary N) is 1. The molecule has 0 spiro atoms. The zero-order chi connectivity index (χ0) is 23.4. The third kappa shape index (κ3) is 5.18. The highest BCUT2D eigenvalue weighted by molar-refractivity contribution is 5.94. The SMILES string of the molecule is COc1cccc(C(=O)N2CCC(NC(=O)C3CC(=O)N(C(C)c4ccccc4)C3)CC2)c1. The number of piperidine rings is 1. The lowest BCUT2D eigenvalue weighted by Crippen LogP contribution is -2.48. The van der Waals surface area contributed by atoms with Crippen LogP contribution in [0.5, 0.6) is 5.75 Å². The molecule has 3 amide bonds. The van der Waals surface area contributed by atoms with Gasteiger partial charge in [-0.15, -0.1) is 0 Å². The third-order valence-corrected chi connectivity index (χ3v) is 6.72. The number of amides is 3. The average molecular weight is 450 g/mol. The van der Waals surface area contributed by atoms with E-state index in [1.807, 2.05) is 54.3 Å². The molecular weight excluding hydrogens is 418 g/mol. The highest BCUT2D eigenvalue weighted by Gasteiger charge is 2.38. The van der Waals surface area contributed by atoms with Gasteiger partial charge in [0.15, 0.2) is 0 Å². The fourth-order valence-electron chi connectivity index (χ4n) is 4.68. The molecule has 174 valence electrons. The molecule has 2 aromatic rings. The summed E-state index contributed by atoms with van der Waals surface area (Å²) in [4.78, 5) is 41.9. The van der Waals surface area contributed by atoms with Crippen LogP contribution < -0.4 is 10.1 Å². The van der Waals surface area contributed by atoms with Gasteiger partial charge in [0.25, 0.3) is 5.91 Å². The minimum Gasteiger partial charge on any atom is -0.497 e. The van der Waals surface area contributed by atoms with Crippen LogP contribution >= 0.6 is 0 Å². The molecule has 1 N–H and O–H groups in total. The molecule has 33 heavy (non-hydrogen) atoms. The van der Waals surface area contributed by atoms with Crippen molar-refractivity contribution in [3.63, 3.8) is 0 Å². The van der Waals surface area contributed by atoms with Gasteiger partial charge in [0.1, 0.15) is 5.75 Å². The molecule has 4 rings (SSSR count). The molecule has 0 saturated carbocycles. The number of hydrogen-bond donors (Lipinski definition) is 1. The fourth-order valence-corrected chi connectivity index (χ4v) is 4.68. The van der Waals surface area contributed by atoms with Crippen LogP contribution in [0.3, 0.4) is 0 Å². The van der Waals surface area contributed by atoms with E-state index in [0.29, 0.717) is 43.8 Å². The summed E-state index contributed by atoms with van der Waals surface area (Å²) in [6, 6.07) is 17.0. The molecule has 7 heteroatoms. The summed E-state index contributed by atoms with van der Waals surface area (Å²) in [5, 5.41) is 3.12. The molecule has 2 aliphatic rings. The second-order valence-corrected chi connectivity index (χ2v) is 8.84. The van der Waals surface area contributed by atoms with Gasteiger partial charge >= 0.3 is 0 Å². The summed E-state index contributed by atoms with van der Waals surface area (Å²) in [5.41, 5.74) is 1.67. The molecule has 0 aliphatic carbocycles. The highest BCUT2D eigenvalue weighted by Crippen LogP contribution is 2.29. The Morgan fingerprint density at radius 2 is 1.79 bits per heavy atom. The Morgan fingerprint density at radius 3 is 2.48 bits per heavy atom. The lowest BCUT2D eigenvalue weighted by atomic mass is 10.0. The number of carbonyl (C=O) groups excluding carboxylic acids is 3. The lowest BCUT2D eigenvalue weighted by molar-refractivity contribution is -0.130. The Morgan fingerprint density at radius 1 is 1.06 bits per heavy atom. The molecule has 2 saturated heterocycles. The van der Waals surface area contributed by atoms with Gasteiger partial charge in [-0.3, -0.25) is 14.4 Å². The Labute approximate surface area is 194 Å². The topological polar surface area (TPSA) is 79.0 Å². The van der Waals surface area contributed by atoms with Crippen molar-refractivity contribution in [3.8, 4) is 5.75 Å². The van der Waals surface area contributed by atoms with E-state index in [2.05, 4.69) is 5.32 Å². The smallest absolute Gasteiger partial charge is 0.253 e. The number of benzene rings is 2. The Bertz CT molecular complexity index is 1000. The van der Waals surface area contributed by atoms with Crippen molar-refractivity contribution in [3.05, 3.63) is 65.7 Å². The summed E-state index contributed by atoms with van der Waals surface area (Å²) in [5.74, 6) is 0.254. The number of nitrogens with zero attached hydrogens (tertiary/aromatic N) is 2. The van der Waals surface area contributed by atoms with E-state index in [-0.39, 0.29) is 42.1 Å². The van der Waals surface area contributed by atoms with Gasteiger partial charge in [-0.05, 0) is 43.5 Å². The van der Waals surface area contributed by atoms with Crippen molar-refractivity contribution >= 4 is 17.7 Å². The van der Waals surface area contributed by atoms with E-state index in [0.717, 1.165) is 5.56 Å². The first-order chi connectivity index (χ1) is 16.0. The van der Waals surface area contributed by atoms with E-state index in [9.17, 15) is 14.4 Å². The quantitative estimate of drug-likeness (QED) is 0.735. The first kappa shape index (κ1) is 22.8. The van der Waals surface area contributed by atoms with E-state index in [1.54, 1.807) is 24.1 Å². The van der Waals surface area contributed by atoms with Crippen molar-refractivity contribution in [2.45, 2.75) is 38.3 Å². The lowest BCUT2D eigenvalue weighted by Gasteiger charge is -2.33. The minimum atomic E-state index is -0.333. The van der Waals surface area contributed by atoms with Gasteiger partial charge in [-0.2, -0.15) is 0 Å². The van der Waals surface area contributed by atoms with Crippen molar-refractivity contribution in [1.29, 1.82) is 0 Å². The number of ether oxygens (including phenoxy) is 1. The van der Waals surface area contributed by atoms with Crippen molar-refractivity contribution in [2.24, 2.45) is 5.92 Å². The second-order valence-electron chi connectivity index (χ2n) is 8.84. The predicted molar refractivity (Wildman–Crippen MR) is 125 cm³/mol. The predicted octanol–water partition coefficient (Wildman–Crippen LogP) is 3.03. The van der Waals surface area contributed by atoms with Gasteiger partial charge < -0.3 is 19.9 Å². The van der Waals surface area contributed by atoms with Crippen LogP contribution in [-0.4, -0.2) is 60.3 Å². The van der Waals surface area contributed by atoms with E-state index < -0.39 is 0 Å². The summed E-state index contributed by atoms with van der Waals surface area (Å²) < 4.78 is 5.21. The number of rotatable bonds is 6. The standard InChI is InChI=1S/C26H31N3O4/c1-18(19-7-4-3-5-8-19)29-17-21(16-24(29)30)25(31)27-22-11-13-28(14-12-22)26(32)20-9-6-10-23(15-20)33-2/h3-10,15,18,21-22H,11-14,16-17H2,1-2H3,(H,27,31). The van der Waals surface area contributed by atoms with Crippen LogP contribution in [-0.2, 0) is 9.59 Å².